The minimum atomic E-state index is -1.15. The van der Waals surface area contributed by atoms with Gasteiger partial charge in [-0.05, 0) is 41.8 Å². The van der Waals surface area contributed by atoms with Crippen molar-refractivity contribution in [2.75, 3.05) is 0 Å². The second kappa shape index (κ2) is 6.82. The Bertz CT molecular complexity index is 1470. The van der Waals surface area contributed by atoms with Crippen molar-refractivity contribution < 1.29 is 5.11 Å². The van der Waals surface area contributed by atoms with Crippen LogP contribution >= 0.6 is 11.3 Å². The lowest BCUT2D eigenvalue weighted by atomic mass is 9.72. The van der Waals surface area contributed by atoms with Crippen LogP contribution in [0.2, 0.25) is 0 Å². The van der Waals surface area contributed by atoms with Crippen molar-refractivity contribution in [2.24, 2.45) is 5.41 Å². The van der Waals surface area contributed by atoms with E-state index >= 15 is 0 Å². The number of aromatic amines is 1. The highest BCUT2D eigenvalue weighted by molar-refractivity contribution is 7.13. The summed E-state index contributed by atoms with van der Waals surface area (Å²) in [5, 5.41) is 16.1. The Morgan fingerprint density at radius 3 is 2.78 bits per heavy atom. The molecule has 1 aromatic carbocycles. The zero-order chi connectivity index (χ0) is 21.9. The van der Waals surface area contributed by atoms with Crippen molar-refractivity contribution in [3.05, 3.63) is 89.3 Å². The number of fused-ring (bicyclic) bond motifs is 2. The van der Waals surface area contributed by atoms with Crippen molar-refractivity contribution in [3.8, 4) is 21.8 Å². The second-order valence-corrected chi connectivity index (χ2v) is 9.86. The Morgan fingerprint density at radius 1 is 1.03 bits per heavy atom. The van der Waals surface area contributed by atoms with Gasteiger partial charge in [0.1, 0.15) is 16.3 Å². The standard InChI is InChI=1S/C26H22N4OS/c1-25(2)13-17-7-4-10-27-22(17)26(25,31)18-8-3-6-16(12-18)21-15-32-24(30-21)20-14-29-23-19(20)9-5-11-28-23/h3-12,14-15,31H,13H2,1-2H3,(H,28,29)/t26-/m0/s1. The summed E-state index contributed by atoms with van der Waals surface area (Å²) in [4.78, 5) is 17.1. The molecular weight excluding hydrogens is 416 g/mol. The van der Waals surface area contributed by atoms with Crippen LogP contribution in [0.5, 0.6) is 0 Å². The highest BCUT2D eigenvalue weighted by atomic mass is 32.1. The highest BCUT2D eigenvalue weighted by Gasteiger charge is 2.53. The Hall–Kier alpha value is -3.35. The minimum Gasteiger partial charge on any atom is -0.378 e. The van der Waals surface area contributed by atoms with Gasteiger partial charge in [0, 0.05) is 45.9 Å². The molecular formula is C26H22N4OS. The van der Waals surface area contributed by atoms with Crippen LogP contribution in [0.25, 0.3) is 32.9 Å². The predicted octanol–water partition coefficient (Wildman–Crippen LogP) is 5.57. The van der Waals surface area contributed by atoms with E-state index in [0.717, 1.165) is 56.1 Å². The van der Waals surface area contributed by atoms with Crippen LogP contribution in [0.15, 0.2) is 72.5 Å². The number of pyridine rings is 2. The summed E-state index contributed by atoms with van der Waals surface area (Å²) in [5.74, 6) is 0. The molecule has 0 bridgehead atoms. The molecule has 0 spiro atoms. The van der Waals surface area contributed by atoms with Gasteiger partial charge in [-0.15, -0.1) is 11.3 Å². The number of hydrogen-bond acceptors (Lipinski definition) is 5. The number of benzene rings is 1. The minimum absolute atomic E-state index is 0.368. The number of aromatic nitrogens is 4. The molecule has 1 atom stereocenters. The van der Waals surface area contributed by atoms with Crippen LogP contribution in [0.3, 0.4) is 0 Å². The quantitative estimate of drug-likeness (QED) is 0.386. The molecule has 1 aliphatic carbocycles. The maximum atomic E-state index is 12.0. The van der Waals surface area contributed by atoms with Crippen molar-refractivity contribution in [1.82, 2.24) is 19.9 Å². The Labute approximate surface area is 189 Å². The van der Waals surface area contributed by atoms with Gasteiger partial charge in [-0.2, -0.15) is 0 Å². The van der Waals surface area contributed by atoms with Crippen LogP contribution in [0, 0.1) is 5.41 Å². The molecule has 0 fully saturated rings. The van der Waals surface area contributed by atoms with Gasteiger partial charge in [-0.1, -0.05) is 38.1 Å². The largest absolute Gasteiger partial charge is 0.378 e. The number of nitrogens with zero attached hydrogens (tertiary/aromatic N) is 3. The van der Waals surface area contributed by atoms with Crippen LogP contribution in [0.4, 0.5) is 0 Å². The SMILES string of the molecule is CC1(C)Cc2cccnc2[C@@]1(O)c1cccc(-c2csc(-c3c[nH]c4ncccc34)n2)c1. The van der Waals surface area contributed by atoms with E-state index in [1.54, 1.807) is 23.7 Å². The van der Waals surface area contributed by atoms with Crippen LogP contribution in [0.1, 0.15) is 30.7 Å². The fourth-order valence-electron chi connectivity index (χ4n) is 4.93. The number of thiazole rings is 1. The third-order valence-electron chi connectivity index (χ3n) is 6.61. The normalized spacial score (nSPS) is 19.3. The fraction of sp³-hybridized carbons (Fsp3) is 0.192. The fourth-order valence-corrected chi connectivity index (χ4v) is 5.78. The first kappa shape index (κ1) is 19.3. The molecule has 32 heavy (non-hydrogen) atoms. The van der Waals surface area contributed by atoms with Gasteiger partial charge in [-0.3, -0.25) is 4.98 Å². The van der Waals surface area contributed by atoms with Gasteiger partial charge < -0.3 is 10.1 Å². The van der Waals surface area contributed by atoms with Crippen molar-refractivity contribution in [3.63, 3.8) is 0 Å². The van der Waals surface area contributed by atoms with Crippen molar-refractivity contribution in [1.29, 1.82) is 0 Å². The monoisotopic (exact) mass is 438 g/mol. The zero-order valence-corrected chi connectivity index (χ0v) is 18.6. The van der Waals surface area contributed by atoms with Gasteiger partial charge in [-0.25, -0.2) is 9.97 Å². The first-order valence-corrected chi connectivity index (χ1v) is 11.5. The van der Waals surface area contributed by atoms with Gasteiger partial charge in [0.25, 0.3) is 0 Å². The predicted molar refractivity (Wildman–Crippen MR) is 127 cm³/mol. The van der Waals surface area contributed by atoms with E-state index in [0.29, 0.717) is 0 Å². The lowest BCUT2D eigenvalue weighted by Gasteiger charge is -2.37. The van der Waals surface area contributed by atoms with Crippen LogP contribution in [-0.2, 0) is 12.0 Å². The molecule has 6 rings (SSSR count). The molecule has 6 heteroatoms. The summed E-state index contributed by atoms with van der Waals surface area (Å²) in [6.07, 6.45) is 6.29. The van der Waals surface area contributed by atoms with Crippen LogP contribution < -0.4 is 0 Å². The number of H-pyrrole nitrogens is 1. The summed E-state index contributed by atoms with van der Waals surface area (Å²) in [7, 11) is 0. The molecule has 0 radical (unpaired) electrons. The van der Waals surface area contributed by atoms with Gasteiger partial charge in [0.05, 0.1) is 11.4 Å². The third-order valence-corrected chi connectivity index (χ3v) is 7.48. The van der Waals surface area contributed by atoms with E-state index in [1.807, 2.05) is 36.5 Å². The molecule has 0 amide bonds. The van der Waals surface area contributed by atoms with E-state index in [-0.39, 0.29) is 5.41 Å². The van der Waals surface area contributed by atoms with Crippen LogP contribution in [-0.4, -0.2) is 25.0 Å². The van der Waals surface area contributed by atoms with Gasteiger partial charge in [0.15, 0.2) is 0 Å². The topological polar surface area (TPSA) is 74.7 Å². The summed E-state index contributed by atoms with van der Waals surface area (Å²) in [5.41, 5.74) is 4.98. The highest BCUT2D eigenvalue weighted by Crippen LogP contribution is 2.53. The lowest BCUT2D eigenvalue weighted by molar-refractivity contribution is -0.0240. The molecule has 0 unspecified atom stereocenters. The first-order chi connectivity index (χ1) is 15.5. The molecule has 1 aliphatic rings. The number of rotatable bonds is 3. The molecule has 0 saturated carbocycles. The summed E-state index contributed by atoms with van der Waals surface area (Å²) >= 11 is 1.61. The molecule has 158 valence electrons. The molecule has 4 heterocycles. The third kappa shape index (κ3) is 2.70. The molecule has 5 nitrogen and oxygen atoms in total. The van der Waals surface area contributed by atoms with E-state index < -0.39 is 5.60 Å². The number of hydrogen-bond donors (Lipinski definition) is 2. The Balaban J connectivity index is 1.43. The maximum absolute atomic E-state index is 12.0. The van der Waals surface area contributed by atoms with E-state index in [9.17, 15) is 5.11 Å². The summed E-state index contributed by atoms with van der Waals surface area (Å²) in [6.45, 7) is 4.21. The van der Waals surface area contributed by atoms with E-state index in [2.05, 4.69) is 52.4 Å². The maximum Gasteiger partial charge on any atom is 0.137 e. The molecule has 5 aromatic rings. The molecule has 2 N–H and O–H groups in total. The Morgan fingerprint density at radius 2 is 1.88 bits per heavy atom. The summed E-state index contributed by atoms with van der Waals surface area (Å²) in [6, 6.07) is 16.1. The van der Waals surface area contributed by atoms with E-state index in [1.165, 1.54) is 0 Å². The lowest BCUT2D eigenvalue weighted by Crippen LogP contribution is -2.40. The molecule has 0 saturated heterocycles. The smallest absolute Gasteiger partial charge is 0.137 e. The van der Waals surface area contributed by atoms with E-state index in [4.69, 9.17) is 4.98 Å². The molecule has 0 aliphatic heterocycles. The second-order valence-electron chi connectivity index (χ2n) is 9.00. The number of nitrogens with one attached hydrogen (secondary N) is 1. The van der Waals surface area contributed by atoms with Crippen molar-refractivity contribution >= 4 is 22.4 Å². The average Bonchev–Trinajstić information content (AvgIpc) is 3.50. The average molecular weight is 439 g/mol. The first-order valence-electron chi connectivity index (χ1n) is 10.6. The van der Waals surface area contributed by atoms with Crippen molar-refractivity contribution in [2.45, 2.75) is 25.9 Å². The Kier molecular flexibility index (Phi) is 4.12. The van der Waals surface area contributed by atoms with Gasteiger partial charge >= 0.3 is 0 Å². The molecule has 4 aromatic heterocycles. The number of aliphatic hydroxyl groups is 1. The van der Waals surface area contributed by atoms with Gasteiger partial charge in [0.2, 0.25) is 0 Å². The summed E-state index contributed by atoms with van der Waals surface area (Å²) < 4.78 is 0. The zero-order valence-electron chi connectivity index (χ0n) is 17.8.